The van der Waals surface area contributed by atoms with Gasteiger partial charge in [-0.25, -0.2) is 4.39 Å². The highest BCUT2D eigenvalue weighted by Crippen LogP contribution is 2.44. The number of amides is 2. The van der Waals surface area contributed by atoms with Crippen LogP contribution in [0.5, 0.6) is 0 Å². The normalized spacial score (nSPS) is 18.5. The lowest BCUT2D eigenvalue weighted by Gasteiger charge is -2.44. The number of likely N-dealkylation sites (tertiary alicyclic amines) is 1. The standard InChI is InChI=1S/C22H20F4N2O2S/c23-18-3-1-2-16(14-18)19(29)27-10-8-21(9-11-27)28(12-13-31-21)20(30)15-4-6-17(7-5-15)22(24,25)26/h1-7,14H,8-13H2. The Balaban J connectivity index is 1.46. The average Bonchev–Trinajstić information content (AvgIpc) is 3.15. The molecule has 2 aliphatic heterocycles. The highest BCUT2D eigenvalue weighted by molar-refractivity contribution is 8.00. The van der Waals surface area contributed by atoms with E-state index >= 15 is 0 Å². The van der Waals surface area contributed by atoms with Crippen LogP contribution < -0.4 is 0 Å². The van der Waals surface area contributed by atoms with Crippen LogP contribution in [0, 0.1) is 5.82 Å². The van der Waals surface area contributed by atoms with Crippen LogP contribution in [0.25, 0.3) is 0 Å². The molecule has 0 aliphatic carbocycles. The summed E-state index contributed by atoms with van der Waals surface area (Å²) in [5.41, 5.74) is -0.292. The van der Waals surface area contributed by atoms with E-state index in [4.69, 9.17) is 0 Å². The van der Waals surface area contributed by atoms with Crippen molar-refractivity contribution in [3.63, 3.8) is 0 Å². The third-order valence-electron chi connectivity index (χ3n) is 5.79. The van der Waals surface area contributed by atoms with Gasteiger partial charge in [0.25, 0.3) is 11.8 Å². The fourth-order valence-corrected chi connectivity index (χ4v) is 5.59. The number of nitrogens with zero attached hydrogens (tertiary/aromatic N) is 2. The van der Waals surface area contributed by atoms with E-state index in [0.29, 0.717) is 32.5 Å². The molecule has 2 fully saturated rings. The van der Waals surface area contributed by atoms with Crippen molar-refractivity contribution in [1.82, 2.24) is 9.80 Å². The number of alkyl halides is 3. The molecule has 2 saturated heterocycles. The highest BCUT2D eigenvalue weighted by Gasteiger charge is 2.47. The van der Waals surface area contributed by atoms with Gasteiger partial charge in [-0.15, -0.1) is 11.8 Å². The van der Waals surface area contributed by atoms with E-state index in [2.05, 4.69) is 0 Å². The molecule has 0 unspecified atom stereocenters. The Morgan fingerprint density at radius 2 is 1.58 bits per heavy atom. The van der Waals surface area contributed by atoms with Gasteiger partial charge < -0.3 is 9.80 Å². The number of halogens is 4. The molecule has 4 rings (SSSR count). The predicted octanol–water partition coefficient (Wildman–Crippen LogP) is 4.67. The molecule has 2 aromatic rings. The van der Waals surface area contributed by atoms with Gasteiger partial charge in [0.15, 0.2) is 0 Å². The minimum Gasteiger partial charge on any atom is -0.338 e. The first-order valence-electron chi connectivity index (χ1n) is 9.88. The highest BCUT2D eigenvalue weighted by atomic mass is 32.2. The summed E-state index contributed by atoms with van der Waals surface area (Å²) in [4.78, 5) is 28.6. The predicted molar refractivity (Wildman–Crippen MR) is 109 cm³/mol. The molecular weight excluding hydrogens is 432 g/mol. The fraction of sp³-hybridized carbons (Fsp3) is 0.364. The lowest BCUT2D eigenvalue weighted by atomic mass is 9.99. The maximum atomic E-state index is 13.4. The summed E-state index contributed by atoms with van der Waals surface area (Å²) in [6.07, 6.45) is -3.36. The van der Waals surface area contributed by atoms with Crippen molar-refractivity contribution < 1.29 is 27.2 Å². The molecule has 0 atom stereocenters. The van der Waals surface area contributed by atoms with E-state index in [9.17, 15) is 27.2 Å². The van der Waals surface area contributed by atoms with Gasteiger partial charge in [-0.2, -0.15) is 13.2 Å². The number of hydrogen-bond acceptors (Lipinski definition) is 3. The third kappa shape index (κ3) is 4.28. The summed E-state index contributed by atoms with van der Waals surface area (Å²) >= 11 is 1.64. The van der Waals surface area contributed by atoms with Crippen LogP contribution in [0.2, 0.25) is 0 Å². The minimum atomic E-state index is -4.45. The number of carbonyl (C=O) groups is 2. The summed E-state index contributed by atoms with van der Waals surface area (Å²) in [7, 11) is 0. The van der Waals surface area contributed by atoms with Gasteiger partial charge >= 0.3 is 6.18 Å². The summed E-state index contributed by atoms with van der Waals surface area (Å²) < 4.78 is 51.9. The molecule has 0 aromatic heterocycles. The number of benzene rings is 2. The van der Waals surface area contributed by atoms with E-state index in [0.717, 1.165) is 17.9 Å². The van der Waals surface area contributed by atoms with Crippen molar-refractivity contribution in [3.05, 3.63) is 71.0 Å². The molecular formula is C22H20F4N2O2S. The molecule has 2 aromatic carbocycles. The average molecular weight is 452 g/mol. The summed E-state index contributed by atoms with van der Waals surface area (Å²) in [5.74, 6) is -0.301. The third-order valence-corrected chi connectivity index (χ3v) is 7.34. The van der Waals surface area contributed by atoms with Crippen LogP contribution in [0.1, 0.15) is 39.1 Å². The zero-order chi connectivity index (χ0) is 22.2. The van der Waals surface area contributed by atoms with E-state index < -0.39 is 22.4 Å². The Kier molecular flexibility index (Phi) is 5.72. The Labute approximate surface area is 181 Å². The second kappa shape index (κ2) is 8.18. The van der Waals surface area contributed by atoms with Crippen molar-refractivity contribution >= 4 is 23.6 Å². The molecule has 1 spiro atoms. The Morgan fingerprint density at radius 3 is 2.19 bits per heavy atom. The largest absolute Gasteiger partial charge is 0.416 e. The first-order valence-corrected chi connectivity index (χ1v) is 10.9. The first kappa shape index (κ1) is 21.7. The van der Waals surface area contributed by atoms with Gasteiger partial charge in [-0.1, -0.05) is 6.07 Å². The Hall–Kier alpha value is -2.55. The van der Waals surface area contributed by atoms with Crippen LogP contribution in [0.3, 0.4) is 0 Å². The maximum Gasteiger partial charge on any atom is 0.416 e. The zero-order valence-corrected chi connectivity index (χ0v) is 17.3. The fourth-order valence-electron chi connectivity index (χ4n) is 4.13. The number of hydrogen-bond donors (Lipinski definition) is 0. The summed E-state index contributed by atoms with van der Waals surface area (Å²) in [6, 6.07) is 9.81. The van der Waals surface area contributed by atoms with Crippen molar-refractivity contribution in [2.45, 2.75) is 23.9 Å². The number of rotatable bonds is 2. The monoisotopic (exact) mass is 452 g/mol. The SMILES string of the molecule is O=C(c1cccc(F)c1)N1CCC2(CC1)SCCN2C(=O)c1ccc(C(F)(F)F)cc1. The van der Waals surface area contributed by atoms with Gasteiger partial charge in [-0.05, 0) is 55.3 Å². The second-order valence-electron chi connectivity index (χ2n) is 7.63. The lowest BCUT2D eigenvalue weighted by molar-refractivity contribution is -0.137. The van der Waals surface area contributed by atoms with Crippen molar-refractivity contribution in [2.75, 3.05) is 25.4 Å². The number of carbonyl (C=O) groups excluding carboxylic acids is 2. The smallest absolute Gasteiger partial charge is 0.338 e. The lowest BCUT2D eigenvalue weighted by Crippen LogP contribution is -2.53. The zero-order valence-electron chi connectivity index (χ0n) is 16.5. The number of thioether (sulfide) groups is 1. The maximum absolute atomic E-state index is 13.4. The molecule has 2 amide bonds. The van der Waals surface area contributed by atoms with Crippen LogP contribution >= 0.6 is 11.8 Å². The summed E-state index contributed by atoms with van der Waals surface area (Å²) in [5, 5.41) is 0. The molecule has 0 saturated carbocycles. The quantitative estimate of drug-likeness (QED) is 0.622. The first-order chi connectivity index (χ1) is 14.7. The molecule has 9 heteroatoms. The minimum absolute atomic E-state index is 0.216. The molecule has 0 radical (unpaired) electrons. The van der Waals surface area contributed by atoms with Crippen molar-refractivity contribution in [3.8, 4) is 0 Å². The van der Waals surface area contributed by atoms with Gasteiger partial charge in [-0.3, -0.25) is 9.59 Å². The van der Waals surface area contributed by atoms with Gasteiger partial charge in [0.1, 0.15) is 5.82 Å². The van der Waals surface area contributed by atoms with Crippen LogP contribution in [0.15, 0.2) is 48.5 Å². The van der Waals surface area contributed by atoms with Crippen LogP contribution in [-0.4, -0.2) is 51.9 Å². The molecule has 164 valence electrons. The summed E-state index contributed by atoms with van der Waals surface area (Å²) in [6.45, 7) is 1.33. The topological polar surface area (TPSA) is 40.6 Å². The van der Waals surface area contributed by atoms with Crippen molar-refractivity contribution in [2.24, 2.45) is 0 Å². The van der Waals surface area contributed by atoms with E-state index in [-0.39, 0.29) is 22.9 Å². The number of piperidine rings is 1. The van der Waals surface area contributed by atoms with Crippen LogP contribution in [-0.2, 0) is 6.18 Å². The van der Waals surface area contributed by atoms with Gasteiger partial charge in [0.05, 0.1) is 10.4 Å². The molecule has 2 aliphatic rings. The van der Waals surface area contributed by atoms with Crippen LogP contribution in [0.4, 0.5) is 17.6 Å². The van der Waals surface area contributed by atoms with E-state index in [1.807, 2.05) is 0 Å². The second-order valence-corrected chi connectivity index (χ2v) is 9.09. The van der Waals surface area contributed by atoms with E-state index in [1.54, 1.807) is 27.6 Å². The molecule has 4 nitrogen and oxygen atoms in total. The van der Waals surface area contributed by atoms with E-state index in [1.165, 1.54) is 30.3 Å². The molecule has 0 N–H and O–H groups in total. The van der Waals surface area contributed by atoms with Gasteiger partial charge in [0.2, 0.25) is 0 Å². The van der Waals surface area contributed by atoms with Crippen molar-refractivity contribution in [1.29, 1.82) is 0 Å². The molecule has 2 heterocycles. The van der Waals surface area contributed by atoms with Gasteiger partial charge in [0, 0.05) is 36.5 Å². The Morgan fingerprint density at radius 1 is 0.903 bits per heavy atom. The molecule has 31 heavy (non-hydrogen) atoms. The Bertz CT molecular complexity index is 986. The molecule has 0 bridgehead atoms.